The van der Waals surface area contributed by atoms with Crippen LogP contribution in [0.25, 0.3) is 0 Å². The Morgan fingerprint density at radius 2 is 1.96 bits per heavy atom. The monoisotopic (exact) mass is 362 g/mol. The van der Waals surface area contributed by atoms with Crippen LogP contribution in [0.3, 0.4) is 0 Å². The van der Waals surface area contributed by atoms with Gasteiger partial charge in [0.1, 0.15) is 5.75 Å². The number of anilines is 1. The van der Waals surface area contributed by atoms with Gasteiger partial charge in [-0.2, -0.15) is 0 Å². The van der Waals surface area contributed by atoms with Gasteiger partial charge < -0.3 is 19.7 Å². The second kappa shape index (κ2) is 8.69. The number of carbonyl (C=O) groups is 3. The van der Waals surface area contributed by atoms with E-state index in [1.54, 1.807) is 23.1 Å². The average Bonchev–Trinajstić information content (AvgIpc) is 2.99. The molecule has 0 aliphatic carbocycles. The lowest BCUT2D eigenvalue weighted by Gasteiger charge is -2.21. The van der Waals surface area contributed by atoms with Crippen molar-refractivity contribution in [2.45, 2.75) is 46.3 Å². The number of nitrogens with one attached hydrogen (secondary N) is 1. The summed E-state index contributed by atoms with van der Waals surface area (Å²) in [5, 5.41) is 2.71. The fraction of sp³-hybridized carbons (Fsp3) is 0.526. The van der Waals surface area contributed by atoms with Gasteiger partial charge in [0.05, 0.1) is 18.2 Å². The first kappa shape index (κ1) is 19.8. The molecule has 1 fully saturated rings. The molecule has 1 aliphatic rings. The van der Waals surface area contributed by atoms with Gasteiger partial charge >= 0.3 is 5.97 Å². The number of likely N-dealkylation sites (tertiary alicyclic amines) is 1. The predicted octanol–water partition coefficient (Wildman–Crippen LogP) is 2.21. The Labute approximate surface area is 153 Å². The molecule has 0 bridgehead atoms. The Hall–Kier alpha value is -2.57. The highest BCUT2D eigenvalue weighted by molar-refractivity contribution is 5.96. The molecular weight excluding hydrogens is 336 g/mol. The van der Waals surface area contributed by atoms with Gasteiger partial charge in [0.15, 0.2) is 6.10 Å². The number of esters is 1. The van der Waals surface area contributed by atoms with Crippen LogP contribution in [-0.2, 0) is 19.1 Å². The molecule has 2 amide bonds. The maximum Gasteiger partial charge on any atom is 0.312 e. The average molecular weight is 362 g/mol. The van der Waals surface area contributed by atoms with Gasteiger partial charge in [-0.15, -0.1) is 0 Å². The van der Waals surface area contributed by atoms with E-state index in [1.807, 2.05) is 26.8 Å². The van der Waals surface area contributed by atoms with E-state index < -0.39 is 23.9 Å². The molecule has 0 spiro atoms. The van der Waals surface area contributed by atoms with Gasteiger partial charge in [0.2, 0.25) is 5.91 Å². The van der Waals surface area contributed by atoms with Crippen molar-refractivity contribution >= 4 is 23.5 Å². The van der Waals surface area contributed by atoms with E-state index in [4.69, 9.17) is 9.47 Å². The fourth-order valence-corrected chi connectivity index (χ4v) is 2.80. The zero-order valence-electron chi connectivity index (χ0n) is 15.7. The highest BCUT2D eigenvalue weighted by Gasteiger charge is 2.37. The van der Waals surface area contributed by atoms with Crippen molar-refractivity contribution in [3.8, 4) is 5.75 Å². The molecule has 0 radical (unpaired) electrons. The smallest absolute Gasteiger partial charge is 0.312 e. The summed E-state index contributed by atoms with van der Waals surface area (Å²) in [5.74, 6) is -1.02. The van der Waals surface area contributed by atoms with Crippen molar-refractivity contribution < 1.29 is 23.9 Å². The van der Waals surface area contributed by atoms with E-state index in [-0.39, 0.29) is 18.4 Å². The lowest BCUT2D eigenvalue weighted by molar-refractivity contribution is -0.157. The van der Waals surface area contributed by atoms with Gasteiger partial charge in [0.25, 0.3) is 5.91 Å². The fourth-order valence-electron chi connectivity index (χ4n) is 2.80. The number of benzene rings is 1. The zero-order chi connectivity index (χ0) is 19.3. The highest BCUT2D eigenvalue weighted by Crippen LogP contribution is 2.25. The van der Waals surface area contributed by atoms with Crippen molar-refractivity contribution in [3.05, 3.63) is 24.3 Å². The minimum atomic E-state index is -0.972. The number of nitrogens with zero attached hydrogens (tertiary/aromatic N) is 1. The van der Waals surface area contributed by atoms with Gasteiger partial charge in [0, 0.05) is 19.0 Å². The maximum absolute atomic E-state index is 12.3. The second-order valence-corrected chi connectivity index (χ2v) is 6.54. The first-order chi connectivity index (χ1) is 12.3. The number of para-hydroxylation sites is 2. The van der Waals surface area contributed by atoms with Crippen LogP contribution in [0.4, 0.5) is 5.69 Å². The third-order valence-corrected chi connectivity index (χ3v) is 4.22. The van der Waals surface area contributed by atoms with Gasteiger partial charge in [-0.25, -0.2) is 0 Å². The molecule has 7 heteroatoms. The van der Waals surface area contributed by atoms with Gasteiger partial charge in [-0.1, -0.05) is 12.1 Å². The molecular formula is C19H26N2O5. The Balaban J connectivity index is 1.93. The van der Waals surface area contributed by atoms with E-state index in [9.17, 15) is 14.4 Å². The molecule has 1 aliphatic heterocycles. The maximum atomic E-state index is 12.3. The largest absolute Gasteiger partial charge is 0.492 e. The molecule has 1 N–H and O–H groups in total. The molecule has 26 heavy (non-hydrogen) atoms. The first-order valence-electron chi connectivity index (χ1n) is 8.86. The summed E-state index contributed by atoms with van der Waals surface area (Å²) in [5.41, 5.74) is 0.518. The third-order valence-electron chi connectivity index (χ3n) is 4.22. The van der Waals surface area contributed by atoms with Crippen molar-refractivity contribution in [2.75, 3.05) is 18.5 Å². The van der Waals surface area contributed by atoms with Crippen molar-refractivity contribution in [1.29, 1.82) is 0 Å². The molecule has 1 saturated heterocycles. The van der Waals surface area contributed by atoms with E-state index >= 15 is 0 Å². The summed E-state index contributed by atoms with van der Waals surface area (Å²) < 4.78 is 10.7. The Bertz CT molecular complexity index is 674. The SMILES string of the molecule is CCOc1ccccc1NC(=O)C(C)OC(=O)C1CC(=O)N(C(C)C)C1. The number of carbonyl (C=O) groups excluding carboxylic acids is 3. The van der Waals surface area contributed by atoms with Gasteiger partial charge in [-0.3, -0.25) is 14.4 Å². The van der Waals surface area contributed by atoms with E-state index in [0.29, 0.717) is 24.6 Å². The summed E-state index contributed by atoms with van der Waals surface area (Å²) in [7, 11) is 0. The standard InChI is InChI=1S/C19H26N2O5/c1-5-25-16-9-7-6-8-15(16)20-18(23)13(4)26-19(24)14-10-17(22)21(11-14)12(2)3/h6-9,12-14H,5,10-11H2,1-4H3,(H,20,23). The third kappa shape index (κ3) is 4.74. The second-order valence-electron chi connectivity index (χ2n) is 6.54. The molecule has 1 heterocycles. The molecule has 0 aromatic heterocycles. The van der Waals surface area contributed by atoms with Gasteiger partial charge in [-0.05, 0) is 39.8 Å². The van der Waals surface area contributed by atoms with Crippen LogP contribution in [-0.4, -0.2) is 48.0 Å². The topological polar surface area (TPSA) is 84.9 Å². The van der Waals surface area contributed by atoms with Crippen LogP contribution in [0, 0.1) is 5.92 Å². The molecule has 2 rings (SSSR count). The molecule has 1 aromatic rings. The number of amides is 2. The first-order valence-corrected chi connectivity index (χ1v) is 8.86. The van der Waals surface area contributed by atoms with E-state index in [1.165, 1.54) is 6.92 Å². The summed E-state index contributed by atoms with van der Waals surface area (Å²) in [4.78, 5) is 38.2. The summed E-state index contributed by atoms with van der Waals surface area (Å²) in [6, 6.07) is 7.09. The van der Waals surface area contributed by atoms with Crippen LogP contribution in [0.2, 0.25) is 0 Å². The van der Waals surface area contributed by atoms with Crippen LogP contribution in [0.5, 0.6) is 5.75 Å². The van der Waals surface area contributed by atoms with Crippen molar-refractivity contribution in [2.24, 2.45) is 5.92 Å². The highest BCUT2D eigenvalue weighted by atomic mass is 16.5. The molecule has 0 saturated carbocycles. The van der Waals surface area contributed by atoms with E-state index in [2.05, 4.69) is 5.32 Å². The normalized spacial score (nSPS) is 18.0. The summed E-state index contributed by atoms with van der Waals surface area (Å²) >= 11 is 0. The van der Waals surface area contributed by atoms with Crippen LogP contribution in [0.1, 0.15) is 34.1 Å². The molecule has 2 atom stereocenters. The summed E-state index contributed by atoms with van der Waals surface area (Å²) in [6.07, 6.45) is -0.848. The summed E-state index contributed by atoms with van der Waals surface area (Å²) in [6.45, 7) is 7.96. The Morgan fingerprint density at radius 1 is 1.27 bits per heavy atom. The predicted molar refractivity (Wildman–Crippen MR) is 96.8 cm³/mol. The van der Waals surface area contributed by atoms with Crippen molar-refractivity contribution in [3.63, 3.8) is 0 Å². The van der Waals surface area contributed by atoms with Crippen LogP contribution >= 0.6 is 0 Å². The lowest BCUT2D eigenvalue weighted by atomic mass is 10.1. The Kier molecular flexibility index (Phi) is 6.60. The molecule has 1 aromatic carbocycles. The number of ether oxygens (including phenoxy) is 2. The van der Waals surface area contributed by atoms with Crippen LogP contribution < -0.4 is 10.1 Å². The minimum absolute atomic E-state index is 0.0380. The number of rotatable bonds is 7. The quantitative estimate of drug-likeness (QED) is 0.752. The van der Waals surface area contributed by atoms with E-state index in [0.717, 1.165) is 0 Å². The zero-order valence-corrected chi connectivity index (χ0v) is 15.7. The van der Waals surface area contributed by atoms with Crippen molar-refractivity contribution in [1.82, 2.24) is 4.90 Å². The molecule has 7 nitrogen and oxygen atoms in total. The Morgan fingerprint density at radius 3 is 2.58 bits per heavy atom. The van der Waals surface area contributed by atoms with Crippen LogP contribution in [0.15, 0.2) is 24.3 Å². The number of hydrogen-bond donors (Lipinski definition) is 1. The number of hydrogen-bond acceptors (Lipinski definition) is 5. The molecule has 2 unspecified atom stereocenters. The minimum Gasteiger partial charge on any atom is -0.492 e. The lowest BCUT2D eigenvalue weighted by Crippen LogP contribution is -2.35. The molecule has 142 valence electrons.